The average molecular weight is 220 g/mol. The number of carbonyl (C=O) groups excluding carboxylic acids is 1. The van der Waals surface area contributed by atoms with Crippen LogP contribution >= 0.6 is 0 Å². The molecule has 2 rings (SSSR count). The number of rotatable bonds is 3. The van der Waals surface area contributed by atoms with Crippen LogP contribution in [0, 0.1) is 0 Å². The summed E-state index contributed by atoms with van der Waals surface area (Å²) < 4.78 is 5.17. The highest BCUT2D eigenvalue weighted by Gasteiger charge is 2.28. The van der Waals surface area contributed by atoms with Crippen molar-refractivity contribution < 1.29 is 9.53 Å². The maximum atomic E-state index is 11.6. The Hall–Kier alpha value is -1.55. The minimum atomic E-state index is 0.0718. The monoisotopic (exact) mass is 220 g/mol. The van der Waals surface area contributed by atoms with Gasteiger partial charge in [0.05, 0.1) is 13.2 Å². The van der Waals surface area contributed by atoms with Gasteiger partial charge in [-0.1, -0.05) is 12.1 Å². The third-order valence-corrected chi connectivity index (χ3v) is 2.80. The highest BCUT2D eigenvalue weighted by atomic mass is 16.5. The van der Waals surface area contributed by atoms with Crippen LogP contribution in [0.25, 0.3) is 0 Å². The molecule has 0 aliphatic carbocycles. The Bertz CT molecular complexity index is 392. The van der Waals surface area contributed by atoms with E-state index in [1.807, 2.05) is 31.2 Å². The van der Waals surface area contributed by atoms with Crippen LogP contribution in [0.3, 0.4) is 0 Å². The summed E-state index contributed by atoms with van der Waals surface area (Å²) in [5, 5.41) is 1.66. The second-order valence-electron chi connectivity index (χ2n) is 3.80. The first kappa shape index (κ1) is 11.0. The van der Waals surface area contributed by atoms with Crippen LogP contribution in [0.4, 0.5) is 0 Å². The van der Waals surface area contributed by atoms with Crippen molar-refractivity contribution in [2.24, 2.45) is 0 Å². The predicted octanol–water partition coefficient (Wildman–Crippen LogP) is 1.49. The molecule has 1 aliphatic heterocycles. The second-order valence-corrected chi connectivity index (χ2v) is 3.80. The first-order valence-electron chi connectivity index (χ1n) is 5.45. The molecule has 1 atom stereocenters. The highest BCUT2D eigenvalue weighted by Crippen LogP contribution is 2.26. The number of nitrogens with zero attached hydrogens (tertiary/aromatic N) is 1. The van der Waals surface area contributed by atoms with E-state index in [2.05, 4.69) is 5.43 Å². The van der Waals surface area contributed by atoms with Crippen molar-refractivity contribution in [1.82, 2.24) is 10.4 Å². The topological polar surface area (TPSA) is 41.6 Å². The Morgan fingerprint density at radius 2 is 2.38 bits per heavy atom. The van der Waals surface area contributed by atoms with Gasteiger partial charge in [-0.05, 0) is 24.6 Å². The predicted molar refractivity (Wildman–Crippen MR) is 60.9 cm³/mol. The van der Waals surface area contributed by atoms with Crippen molar-refractivity contribution in [2.75, 3.05) is 13.7 Å². The maximum Gasteiger partial charge on any atom is 0.238 e. The molecule has 1 heterocycles. The normalized spacial score (nSPS) is 20.2. The molecule has 1 N–H and O–H groups in total. The lowest BCUT2D eigenvalue weighted by molar-refractivity contribution is -0.129. The summed E-state index contributed by atoms with van der Waals surface area (Å²) in [6.07, 6.45) is 0.515. The van der Waals surface area contributed by atoms with Gasteiger partial charge in [-0.25, -0.2) is 5.43 Å². The fraction of sp³-hybridized carbons (Fsp3) is 0.417. The van der Waals surface area contributed by atoms with E-state index in [4.69, 9.17) is 4.74 Å². The van der Waals surface area contributed by atoms with Gasteiger partial charge < -0.3 is 4.74 Å². The Morgan fingerprint density at radius 3 is 3.00 bits per heavy atom. The third-order valence-electron chi connectivity index (χ3n) is 2.80. The largest absolute Gasteiger partial charge is 0.497 e. The summed E-state index contributed by atoms with van der Waals surface area (Å²) in [5.74, 6) is 0.969. The highest BCUT2D eigenvalue weighted by molar-refractivity contribution is 5.78. The smallest absolute Gasteiger partial charge is 0.238 e. The molecule has 0 aromatic heterocycles. The zero-order valence-corrected chi connectivity index (χ0v) is 9.56. The van der Waals surface area contributed by atoms with Gasteiger partial charge in [0.1, 0.15) is 5.75 Å². The molecule has 4 nitrogen and oxygen atoms in total. The molecule has 1 aromatic carbocycles. The zero-order valence-electron chi connectivity index (χ0n) is 9.56. The molecule has 86 valence electrons. The number of nitrogens with one attached hydrogen (secondary N) is 1. The zero-order chi connectivity index (χ0) is 11.5. The molecule has 0 bridgehead atoms. The molecule has 1 aliphatic rings. The number of methoxy groups -OCH3 is 1. The maximum absolute atomic E-state index is 11.6. The number of hydrazine groups is 1. The second kappa shape index (κ2) is 4.53. The van der Waals surface area contributed by atoms with Crippen LogP contribution in [0.5, 0.6) is 5.75 Å². The summed E-state index contributed by atoms with van der Waals surface area (Å²) in [6, 6.07) is 7.88. The molecule has 1 amide bonds. The van der Waals surface area contributed by atoms with E-state index >= 15 is 0 Å². The first-order valence-corrected chi connectivity index (χ1v) is 5.45. The van der Waals surface area contributed by atoms with Crippen LogP contribution in [0.2, 0.25) is 0 Å². The number of hydrogen-bond acceptors (Lipinski definition) is 3. The van der Waals surface area contributed by atoms with Gasteiger partial charge in [0.2, 0.25) is 5.91 Å². The molecular weight excluding hydrogens is 204 g/mol. The van der Waals surface area contributed by atoms with Crippen LogP contribution in [-0.4, -0.2) is 24.6 Å². The van der Waals surface area contributed by atoms with E-state index in [0.29, 0.717) is 13.0 Å². The van der Waals surface area contributed by atoms with E-state index in [1.165, 1.54) is 0 Å². The Morgan fingerprint density at radius 1 is 1.56 bits per heavy atom. The molecule has 0 radical (unpaired) electrons. The van der Waals surface area contributed by atoms with E-state index < -0.39 is 0 Å². The molecule has 4 heteroatoms. The number of ether oxygens (including phenoxy) is 1. The summed E-state index contributed by atoms with van der Waals surface area (Å²) in [7, 11) is 1.64. The van der Waals surface area contributed by atoms with Crippen LogP contribution < -0.4 is 10.2 Å². The van der Waals surface area contributed by atoms with Gasteiger partial charge in [0.25, 0.3) is 0 Å². The quantitative estimate of drug-likeness (QED) is 0.839. The van der Waals surface area contributed by atoms with Crippen molar-refractivity contribution in [3.63, 3.8) is 0 Å². The minimum absolute atomic E-state index is 0.0718. The number of amides is 1. The van der Waals surface area contributed by atoms with E-state index in [1.54, 1.807) is 12.1 Å². The number of hydrogen-bond donors (Lipinski definition) is 1. The van der Waals surface area contributed by atoms with Crippen molar-refractivity contribution in [3.8, 4) is 5.75 Å². The third kappa shape index (κ3) is 2.02. The van der Waals surface area contributed by atoms with Gasteiger partial charge in [-0.3, -0.25) is 9.80 Å². The van der Waals surface area contributed by atoms with Crippen LogP contribution in [-0.2, 0) is 4.79 Å². The van der Waals surface area contributed by atoms with E-state index in [0.717, 1.165) is 11.3 Å². The number of carbonyl (C=O) groups is 1. The van der Waals surface area contributed by atoms with Gasteiger partial charge >= 0.3 is 0 Å². The molecule has 1 saturated heterocycles. The molecule has 0 spiro atoms. The molecule has 1 fully saturated rings. The molecule has 0 saturated carbocycles. The standard InChI is InChI=1S/C12H16N2O2/c1-3-14-12(15)8-11(13-14)9-5-4-6-10(7-9)16-2/h4-7,11,13H,3,8H2,1-2H3. The summed E-state index contributed by atoms with van der Waals surface area (Å²) in [6.45, 7) is 2.65. The Balaban J connectivity index is 2.16. The number of benzene rings is 1. The SMILES string of the molecule is CCN1NC(c2cccc(OC)c2)CC1=O. The lowest BCUT2D eigenvalue weighted by Gasteiger charge is -2.16. The lowest BCUT2D eigenvalue weighted by Crippen LogP contribution is -2.34. The van der Waals surface area contributed by atoms with Crippen LogP contribution in [0.1, 0.15) is 24.9 Å². The average Bonchev–Trinajstić information content (AvgIpc) is 2.71. The van der Waals surface area contributed by atoms with Gasteiger partial charge in [0.15, 0.2) is 0 Å². The molecule has 1 aromatic rings. The van der Waals surface area contributed by atoms with Crippen molar-refractivity contribution >= 4 is 5.91 Å². The van der Waals surface area contributed by atoms with Crippen LogP contribution in [0.15, 0.2) is 24.3 Å². The van der Waals surface area contributed by atoms with Gasteiger partial charge in [-0.2, -0.15) is 0 Å². The van der Waals surface area contributed by atoms with Crippen molar-refractivity contribution in [1.29, 1.82) is 0 Å². The summed E-state index contributed by atoms with van der Waals surface area (Å²) in [5.41, 5.74) is 4.27. The summed E-state index contributed by atoms with van der Waals surface area (Å²) in [4.78, 5) is 11.6. The summed E-state index contributed by atoms with van der Waals surface area (Å²) >= 11 is 0. The fourth-order valence-corrected chi connectivity index (χ4v) is 1.91. The fourth-order valence-electron chi connectivity index (χ4n) is 1.91. The van der Waals surface area contributed by atoms with Gasteiger partial charge in [-0.15, -0.1) is 0 Å². The Labute approximate surface area is 95.2 Å². The van der Waals surface area contributed by atoms with E-state index in [-0.39, 0.29) is 11.9 Å². The van der Waals surface area contributed by atoms with E-state index in [9.17, 15) is 4.79 Å². The first-order chi connectivity index (χ1) is 7.74. The molecule has 16 heavy (non-hydrogen) atoms. The minimum Gasteiger partial charge on any atom is -0.497 e. The Kier molecular flexibility index (Phi) is 3.10. The molecule has 1 unspecified atom stereocenters. The molecular formula is C12H16N2O2. The van der Waals surface area contributed by atoms with Crippen molar-refractivity contribution in [2.45, 2.75) is 19.4 Å². The van der Waals surface area contributed by atoms with Crippen molar-refractivity contribution in [3.05, 3.63) is 29.8 Å². The lowest BCUT2D eigenvalue weighted by atomic mass is 10.1. The van der Waals surface area contributed by atoms with Gasteiger partial charge in [0, 0.05) is 13.0 Å².